The molecule has 2 aromatic carbocycles. The maximum absolute atomic E-state index is 12.5. The quantitative estimate of drug-likeness (QED) is 0.745. The average molecular weight is 288 g/mol. The second kappa shape index (κ2) is 5.01. The molecule has 84 valence electrons. The van der Waals surface area contributed by atoms with Gasteiger partial charge in [0.05, 0.1) is 0 Å². The van der Waals surface area contributed by atoms with Crippen LogP contribution in [-0.2, 0) is 23.3 Å². The van der Waals surface area contributed by atoms with E-state index in [9.17, 15) is 13.2 Å². The van der Waals surface area contributed by atoms with Crippen LogP contribution in [0.4, 0.5) is 13.2 Å². The fourth-order valence-corrected chi connectivity index (χ4v) is 4.95. The number of hydrogen-bond donors (Lipinski definition) is 0. The van der Waals surface area contributed by atoms with Crippen molar-refractivity contribution in [1.29, 1.82) is 0 Å². The molecule has 2 aromatic rings. The van der Waals surface area contributed by atoms with Gasteiger partial charge < -0.3 is 0 Å². The summed E-state index contributed by atoms with van der Waals surface area (Å²) in [6.45, 7) is 0. The molecule has 17 heavy (non-hydrogen) atoms. The molecule has 0 heterocycles. The standard InChI is InChI=1S/C7H4F3.C6H5.Zn/c8-7(9,10)6-4-2-1-3-5-6;1-2-4-6-5-3-1;/h1-2,4-5H;1-5H;. The average Bonchev–Trinajstić information content (AvgIpc) is 2.29. The maximum atomic E-state index is 12.5. The van der Waals surface area contributed by atoms with Crippen LogP contribution in [0.5, 0.6) is 0 Å². The van der Waals surface area contributed by atoms with Gasteiger partial charge in [0.25, 0.3) is 0 Å². The van der Waals surface area contributed by atoms with Crippen molar-refractivity contribution in [3.05, 3.63) is 60.2 Å². The monoisotopic (exact) mass is 286 g/mol. The van der Waals surface area contributed by atoms with Crippen molar-refractivity contribution in [2.75, 3.05) is 0 Å². The van der Waals surface area contributed by atoms with Crippen LogP contribution < -0.4 is 8.32 Å². The number of hydrogen-bond acceptors (Lipinski definition) is 0. The van der Waals surface area contributed by atoms with Gasteiger partial charge in [-0.15, -0.1) is 0 Å². The van der Waals surface area contributed by atoms with Crippen molar-refractivity contribution < 1.29 is 30.3 Å². The van der Waals surface area contributed by atoms with E-state index in [1.54, 1.807) is 6.07 Å². The van der Waals surface area contributed by atoms with E-state index < -0.39 is 28.9 Å². The van der Waals surface area contributed by atoms with Crippen molar-refractivity contribution in [1.82, 2.24) is 0 Å². The van der Waals surface area contributed by atoms with E-state index in [2.05, 4.69) is 0 Å². The summed E-state index contributed by atoms with van der Waals surface area (Å²) in [6, 6.07) is 15.4. The van der Waals surface area contributed by atoms with Crippen molar-refractivity contribution in [3.63, 3.8) is 0 Å². The molecule has 0 aliphatic carbocycles. The topological polar surface area (TPSA) is 0 Å². The third-order valence-electron chi connectivity index (χ3n) is 2.51. The molecule has 4 heteroatoms. The second-order valence-electron chi connectivity index (χ2n) is 3.86. The Balaban J connectivity index is 2.23. The Kier molecular flexibility index (Phi) is 3.63. The third kappa shape index (κ3) is 3.40. The van der Waals surface area contributed by atoms with E-state index in [0.29, 0.717) is 0 Å². The van der Waals surface area contributed by atoms with Crippen LogP contribution in [0.2, 0.25) is 0 Å². The molecule has 0 saturated carbocycles. The molecule has 0 amide bonds. The van der Waals surface area contributed by atoms with E-state index >= 15 is 0 Å². The summed E-state index contributed by atoms with van der Waals surface area (Å²) in [5.74, 6) is 0. The molecule has 0 N–H and O–H groups in total. The predicted molar refractivity (Wildman–Crippen MR) is 57.2 cm³/mol. The summed E-state index contributed by atoms with van der Waals surface area (Å²) in [4.78, 5) is 0. The fraction of sp³-hybridized carbons (Fsp3) is 0.0769. The summed E-state index contributed by atoms with van der Waals surface area (Å²) in [5.41, 5.74) is -0.545. The van der Waals surface area contributed by atoms with Crippen LogP contribution in [0, 0.1) is 0 Å². The third-order valence-corrected chi connectivity index (χ3v) is 6.13. The molecule has 0 atom stereocenters. The molecule has 0 unspecified atom stereocenters. The molecular formula is C13H9F3Zn. The summed E-state index contributed by atoms with van der Waals surface area (Å²) in [6.07, 6.45) is -4.24. The predicted octanol–water partition coefficient (Wildman–Crippen LogP) is 2.74. The second-order valence-corrected chi connectivity index (χ2v) is 8.03. The molecule has 2 rings (SSSR count). The van der Waals surface area contributed by atoms with Crippen molar-refractivity contribution >= 4 is 8.32 Å². The SMILES string of the molecule is FC(F)(F)c1ccc[c]([Zn][c]2ccccc2)c1. The first kappa shape index (κ1) is 12.3. The molecule has 0 aliphatic rings. The van der Waals surface area contributed by atoms with Crippen molar-refractivity contribution in [2.45, 2.75) is 6.18 Å². The Labute approximate surface area is 105 Å². The molecule has 0 fully saturated rings. The zero-order valence-electron chi connectivity index (χ0n) is 9.04. The molecule has 0 aromatic heterocycles. The molecule has 0 aliphatic heterocycles. The van der Waals surface area contributed by atoms with Gasteiger partial charge in [0.15, 0.2) is 0 Å². The van der Waals surface area contributed by atoms with Gasteiger partial charge in [0.2, 0.25) is 0 Å². The Morgan fingerprint density at radius 1 is 0.765 bits per heavy atom. The van der Waals surface area contributed by atoms with Gasteiger partial charge in [-0.1, -0.05) is 0 Å². The van der Waals surface area contributed by atoms with Crippen LogP contribution in [0.15, 0.2) is 54.6 Å². The molecule has 0 spiro atoms. The summed E-state index contributed by atoms with van der Waals surface area (Å²) < 4.78 is 39.6. The zero-order chi connectivity index (χ0) is 12.3. The van der Waals surface area contributed by atoms with Crippen molar-refractivity contribution in [3.8, 4) is 0 Å². The van der Waals surface area contributed by atoms with E-state index in [-0.39, 0.29) is 0 Å². The van der Waals surface area contributed by atoms with E-state index in [1.165, 1.54) is 16.3 Å². The first-order valence-corrected chi connectivity index (χ1v) is 8.22. The van der Waals surface area contributed by atoms with E-state index in [1.807, 2.05) is 30.3 Å². The molecule has 0 bridgehead atoms. The summed E-state index contributed by atoms with van der Waals surface area (Å²) in [7, 11) is 0. The van der Waals surface area contributed by atoms with Crippen molar-refractivity contribution in [2.24, 2.45) is 0 Å². The van der Waals surface area contributed by atoms with Crippen LogP contribution in [-0.4, -0.2) is 0 Å². The Morgan fingerprint density at radius 2 is 1.41 bits per heavy atom. The van der Waals surface area contributed by atoms with Crippen LogP contribution in [0.1, 0.15) is 5.56 Å². The van der Waals surface area contributed by atoms with Gasteiger partial charge in [-0.3, -0.25) is 0 Å². The number of halogens is 3. The van der Waals surface area contributed by atoms with Crippen LogP contribution in [0.3, 0.4) is 0 Å². The fourth-order valence-electron chi connectivity index (χ4n) is 1.69. The molecular weight excluding hydrogens is 279 g/mol. The van der Waals surface area contributed by atoms with Gasteiger partial charge in [-0.25, -0.2) is 0 Å². The Hall–Kier alpha value is -1.15. The number of rotatable bonds is 2. The molecule has 0 saturated heterocycles. The first-order valence-electron chi connectivity index (χ1n) is 5.26. The number of benzene rings is 2. The van der Waals surface area contributed by atoms with Gasteiger partial charge in [-0.2, -0.15) is 0 Å². The molecule has 0 nitrogen and oxygen atoms in total. The number of alkyl halides is 3. The summed E-state index contributed by atoms with van der Waals surface area (Å²) in [5, 5.41) is 0. The summed E-state index contributed by atoms with van der Waals surface area (Å²) >= 11 is -1.28. The molecule has 0 radical (unpaired) electrons. The van der Waals surface area contributed by atoms with Gasteiger partial charge in [0.1, 0.15) is 0 Å². The van der Waals surface area contributed by atoms with Crippen LogP contribution in [0.25, 0.3) is 0 Å². The van der Waals surface area contributed by atoms with E-state index in [0.717, 1.165) is 10.2 Å². The van der Waals surface area contributed by atoms with Gasteiger partial charge >= 0.3 is 105 Å². The minimum absolute atomic E-state index is 0.545. The zero-order valence-corrected chi connectivity index (χ0v) is 12.0. The first-order chi connectivity index (χ1) is 8.05. The van der Waals surface area contributed by atoms with Crippen LogP contribution >= 0.6 is 0 Å². The van der Waals surface area contributed by atoms with Gasteiger partial charge in [-0.05, 0) is 0 Å². The normalized spacial score (nSPS) is 11.0. The Bertz CT molecular complexity index is 492. The van der Waals surface area contributed by atoms with E-state index in [4.69, 9.17) is 0 Å². The Morgan fingerprint density at radius 3 is 2.06 bits per heavy atom. The van der Waals surface area contributed by atoms with Gasteiger partial charge in [0, 0.05) is 0 Å². The minimum atomic E-state index is -4.24.